The van der Waals surface area contributed by atoms with Gasteiger partial charge in [-0.1, -0.05) is 88.4 Å². The van der Waals surface area contributed by atoms with E-state index in [9.17, 15) is 0 Å². The van der Waals surface area contributed by atoms with Crippen molar-refractivity contribution in [1.29, 1.82) is 0 Å². The topological polar surface area (TPSA) is 29.3 Å². The van der Waals surface area contributed by atoms with Crippen molar-refractivity contribution in [2.24, 2.45) is 5.73 Å². The molecule has 3 rings (SSSR count). The average molecular weight is 355 g/mol. The Morgan fingerprint density at radius 2 is 1.19 bits per heavy atom. The van der Waals surface area contributed by atoms with E-state index in [-0.39, 0.29) is 5.41 Å². The molecule has 0 amide bonds. The standard InChI is InChI=1S/C20H26N2.2C2H6/c21-14-7-15-22-16-12-20(13-17-22,18-8-3-1-4-9-18)19-10-5-2-6-11-19;2*1-2/h1-6,8-11H,7,12-17,21H2;2*1-2H3. The minimum atomic E-state index is 0.168. The van der Waals surface area contributed by atoms with Crippen LogP contribution in [0.4, 0.5) is 0 Å². The maximum absolute atomic E-state index is 5.65. The van der Waals surface area contributed by atoms with Crippen molar-refractivity contribution >= 4 is 0 Å². The zero-order chi connectivity index (χ0) is 19.3. The fourth-order valence-electron chi connectivity index (χ4n) is 3.73. The molecule has 1 aliphatic heterocycles. The summed E-state index contributed by atoms with van der Waals surface area (Å²) in [7, 11) is 0. The summed E-state index contributed by atoms with van der Waals surface area (Å²) >= 11 is 0. The fourth-order valence-corrected chi connectivity index (χ4v) is 3.73. The second-order valence-corrected chi connectivity index (χ2v) is 6.30. The van der Waals surface area contributed by atoms with Crippen LogP contribution in [-0.2, 0) is 5.41 Å². The number of piperidine rings is 1. The zero-order valence-electron chi connectivity index (χ0n) is 17.2. The van der Waals surface area contributed by atoms with E-state index >= 15 is 0 Å². The van der Waals surface area contributed by atoms with E-state index < -0.39 is 0 Å². The monoisotopic (exact) mass is 354 g/mol. The molecule has 2 heteroatoms. The average Bonchev–Trinajstić information content (AvgIpc) is 2.77. The van der Waals surface area contributed by atoms with E-state index in [0.717, 1.165) is 32.6 Å². The third-order valence-corrected chi connectivity index (χ3v) is 5.04. The minimum Gasteiger partial charge on any atom is -0.330 e. The molecule has 2 aromatic rings. The summed E-state index contributed by atoms with van der Waals surface area (Å²) in [5.41, 5.74) is 8.74. The van der Waals surface area contributed by atoms with Gasteiger partial charge in [-0.2, -0.15) is 0 Å². The molecule has 0 bridgehead atoms. The first-order valence-corrected chi connectivity index (χ1v) is 10.4. The Kier molecular flexibility index (Phi) is 10.9. The van der Waals surface area contributed by atoms with Crippen LogP contribution in [0.3, 0.4) is 0 Å². The quantitative estimate of drug-likeness (QED) is 0.771. The van der Waals surface area contributed by atoms with Gasteiger partial charge in [0.15, 0.2) is 0 Å². The van der Waals surface area contributed by atoms with Gasteiger partial charge >= 0.3 is 0 Å². The van der Waals surface area contributed by atoms with Gasteiger partial charge in [0.05, 0.1) is 0 Å². The predicted octanol–water partition coefficient (Wildman–Crippen LogP) is 5.47. The van der Waals surface area contributed by atoms with Gasteiger partial charge in [-0.3, -0.25) is 0 Å². The summed E-state index contributed by atoms with van der Waals surface area (Å²) in [6.45, 7) is 12.2. The maximum atomic E-state index is 5.65. The molecule has 1 heterocycles. The lowest BCUT2D eigenvalue weighted by molar-refractivity contribution is 0.178. The van der Waals surface area contributed by atoms with E-state index in [4.69, 9.17) is 5.73 Å². The molecule has 1 aliphatic rings. The van der Waals surface area contributed by atoms with Crippen molar-refractivity contribution in [3.8, 4) is 0 Å². The molecule has 2 N–H and O–H groups in total. The molecular weight excluding hydrogens is 316 g/mol. The molecule has 2 aromatic carbocycles. The van der Waals surface area contributed by atoms with Crippen LogP contribution in [0.1, 0.15) is 58.1 Å². The molecule has 26 heavy (non-hydrogen) atoms. The highest BCUT2D eigenvalue weighted by atomic mass is 15.1. The van der Waals surface area contributed by atoms with Crippen molar-refractivity contribution in [2.45, 2.75) is 52.4 Å². The van der Waals surface area contributed by atoms with E-state index in [2.05, 4.69) is 65.6 Å². The number of hydrogen-bond donors (Lipinski definition) is 1. The van der Waals surface area contributed by atoms with E-state index in [1.165, 1.54) is 24.0 Å². The lowest BCUT2D eigenvalue weighted by Gasteiger charge is -2.43. The van der Waals surface area contributed by atoms with Crippen LogP contribution >= 0.6 is 0 Å². The molecule has 1 fully saturated rings. The van der Waals surface area contributed by atoms with E-state index in [1.807, 2.05) is 27.7 Å². The predicted molar refractivity (Wildman–Crippen MR) is 116 cm³/mol. The summed E-state index contributed by atoms with van der Waals surface area (Å²) in [5, 5.41) is 0. The number of nitrogens with two attached hydrogens (primary N) is 1. The Morgan fingerprint density at radius 1 is 0.769 bits per heavy atom. The van der Waals surface area contributed by atoms with Gasteiger partial charge in [-0.05, 0) is 56.6 Å². The van der Waals surface area contributed by atoms with E-state index in [0.29, 0.717) is 0 Å². The second kappa shape index (κ2) is 12.7. The van der Waals surface area contributed by atoms with Gasteiger partial charge < -0.3 is 10.6 Å². The third-order valence-electron chi connectivity index (χ3n) is 5.04. The molecule has 1 saturated heterocycles. The van der Waals surface area contributed by atoms with Gasteiger partial charge in [-0.15, -0.1) is 0 Å². The highest BCUT2D eigenvalue weighted by Gasteiger charge is 2.37. The fraction of sp³-hybridized carbons (Fsp3) is 0.500. The molecule has 144 valence electrons. The van der Waals surface area contributed by atoms with E-state index in [1.54, 1.807) is 0 Å². The van der Waals surface area contributed by atoms with Gasteiger partial charge in [0, 0.05) is 5.41 Å². The Hall–Kier alpha value is -1.64. The molecule has 0 spiro atoms. The van der Waals surface area contributed by atoms with Crippen molar-refractivity contribution in [1.82, 2.24) is 4.90 Å². The summed E-state index contributed by atoms with van der Waals surface area (Å²) in [4.78, 5) is 2.57. The molecule has 0 aliphatic carbocycles. The second-order valence-electron chi connectivity index (χ2n) is 6.30. The van der Waals surface area contributed by atoms with Crippen LogP contribution in [0.5, 0.6) is 0 Å². The van der Waals surface area contributed by atoms with Crippen molar-refractivity contribution in [3.05, 3.63) is 71.8 Å². The normalized spacial score (nSPS) is 15.9. The molecule has 0 atom stereocenters. The smallest absolute Gasteiger partial charge is 0.0227 e. The Morgan fingerprint density at radius 3 is 1.58 bits per heavy atom. The number of nitrogens with zero attached hydrogens (tertiary/aromatic N) is 1. The Balaban J connectivity index is 0.000000791. The Bertz CT molecular complexity index is 516. The SMILES string of the molecule is CC.CC.NCCCN1CCC(c2ccccc2)(c2ccccc2)CC1. The summed E-state index contributed by atoms with van der Waals surface area (Å²) in [6, 6.07) is 22.1. The molecule has 0 aromatic heterocycles. The minimum absolute atomic E-state index is 0.168. The number of rotatable bonds is 5. The summed E-state index contributed by atoms with van der Waals surface area (Å²) in [6.07, 6.45) is 3.47. The highest BCUT2D eigenvalue weighted by molar-refractivity contribution is 5.40. The lowest BCUT2D eigenvalue weighted by Crippen LogP contribution is -2.43. The summed E-state index contributed by atoms with van der Waals surface area (Å²) in [5.74, 6) is 0. The molecule has 0 radical (unpaired) electrons. The number of benzene rings is 2. The van der Waals surface area contributed by atoms with Gasteiger partial charge in [0.1, 0.15) is 0 Å². The van der Waals surface area contributed by atoms with Crippen LogP contribution in [0.25, 0.3) is 0 Å². The Labute approximate surface area is 161 Å². The molecule has 0 saturated carbocycles. The van der Waals surface area contributed by atoms with Crippen LogP contribution in [0, 0.1) is 0 Å². The maximum Gasteiger partial charge on any atom is 0.0227 e. The van der Waals surface area contributed by atoms with Crippen molar-refractivity contribution < 1.29 is 0 Å². The van der Waals surface area contributed by atoms with Gasteiger partial charge in [0.2, 0.25) is 0 Å². The zero-order valence-corrected chi connectivity index (χ0v) is 17.2. The molecule has 2 nitrogen and oxygen atoms in total. The van der Waals surface area contributed by atoms with Crippen LogP contribution in [-0.4, -0.2) is 31.1 Å². The summed E-state index contributed by atoms with van der Waals surface area (Å²) < 4.78 is 0. The largest absolute Gasteiger partial charge is 0.330 e. The number of hydrogen-bond acceptors (Lipinski definition) is 2. The first-order valence-electron chi connectivity index (χ1n) is 10.4. The first-order chi connectivity index (χ1) is 12.8. The van der Waals surface area contributed by atoms with Gasteiger partial charge in [0.25, 0.3) is 0 Å². The highest BCUT2D eigenvalue weighted by Crippen LogP contribution is 2.41. The first kappa shape index (κ1) is 22.4. The third kappa shape index (κ3) is 5.69. The van der Waals surface area contributed by atoms with Gasteiger partial charge in [-0.25, -0.2) is 0 Å². The van der Waals surface area contributed by atoms with Crippen molar-refractivity contribution in [3.63, 3.8) is 0 Å². The van der Waals surface area contributed by atoms with Crippen LogP contribution < -0.4 is 5.73 Å². The van der Waals surface area contributed by atoms with Crippen molar-refractivity contribution in [2.75, 3.05) is 26.2 Å². The molecular formula is C24H38N2. The number of likely N-dealkylation sites (tertiary alicyclic amines) is 1. The lowest BCUT2D eigenvalue weighted by atomic mass is 9.68. The van der Waals surface area contributed by atoms with Crippen LogP contribution in [0.2, 0.25) is 0 Å². The van der Waals surface area contributed by atoms with Crippen LogP contribution in [0.15, 0.2) is 60.7 Å². The molecule has 0 unspecified atom stereocenters.